The molecule has 2 rings (SSSR count). The minimum absolute atomic E-state index is 0.0707. The van der Waals surface area contributed by atoms with Crippen molar-refractivity contribution in [1.82, 2.24) is 4.90 Å². The SMILES string of the molecule is CC[C@@H]1CC(=O)C(I)=CN1C(=N[C@H](COC)C(C)C)c1ccccc1. The van der Waals surface area contributed by atoms with Crippen molar-refractivity contribution in [2.24, 2.45) is 10.9 Å². The van der Waals surface area contributed by atoms with E-state index < -0.39 is 0 Å². The van der Waals surface area contributed by atoms with E-state index in [0.717, 1.165) is 21.4 Å². The summed E-state index contributed by atoms with van der Waals surface area (Å²) in [6.07, 6.45) is 3.39. The third-order valence-electron chi connectivity index (χ3n) is 4.48. The summed E-state index contributed by atoms with van der Waals surface area (Å²) in [5.74, 6) is 1.51. The maximum absolute atomic E-state index is 12.1. The van der Waals surface area contributed by atoms with Crippen LogP contribution in [-0.4, -0.2) is 42.3 Å². The van der Waals surface area contributed by atoms with Gasteiger partial charge in [0.15, 0.2) is 5.78 Å². The quantitative estimate of drug-likeness (QED) is 0.363. The number of hydrogen-bond acceptors (Lipinski definition) is 3. The van der Waals surface area contributed by atoms with Gasteiger partial charge in [-0.3, -0.25) is 9.79 Å². The zero-order valence-corrected chi connectivity index (χ0v) is 17.6. The van der Waals surface area contributed by atoms with Gasteiger partial charge >= 0.3 is 0 Å². The molecule has 1 aliphatic heterocycles. The minimum Gasteiger partial charge on any atom is -0.382 e. The fraction of sp³-hybridized carbons (Fsp3) is 0.500. The van der Waals surface area contributed by atoms with E-state index in [1.165, 1.54) is 0 Å². The Morgan fingerprint density at radius 1 is 1.36 bits per heavy atom. The monoisotopic (exact) mass is 454 g/mol. The van der Waals surface area contributed by atoms with Crippen LogP contribution >= 0.6 is 22.6 Å². The molecule has 0 unspecified atom stereocenters. The summed E-state index contributed by atoms with van der Waals surface area (Å²) in [6, 6.07) is 10.4. The molecule has 0 N–H and O–H groups in total. The average molecular weight is 454 g/mol. The van der Waals surface area contributed by atoms with Crippen LogP contribution in [0.1, 0.15) is 39.2 Å². The van der Waals surface area contributed by atoms with Crippen LogP contribution in [0.25, 0.3) is 0 Å². The van der Waals surface area contributed by atoms with E-state index in [0.29, 0.717) is 18.9 Å². The molecule has 0 fully saturated rings. The molecule has 0 aliphatic carbocycles. The van der Waals surface area contributed by atoms with Gasteiger partial charge in [-0.1, -0.05) is 51.1 Å². The van der Waals surface area contributed by atoms with Gasteiger partial charge in [0.25, 0.3) is 0 Å². The van der Waals surface area contributed by atoms with E-state index in [2.05, 4.69) is 60.4 Å². The van der Waals surface area contributed by atoms with Crippen LogP contribution < -0.4 is 0 Å². The van der Waals surface area contributed by atoms with Crippen LogP contribution in [0.3, 0.4) is 0 Å². The number of rotatable bonds is 6. The second-order valence-corrected chi connectivity index (χ2v) is 7.82. The summed E-state index contributed by atoms with van der Waals surface area (Å²) >= 11 is 2.13. The molecule has 0 saturated heterocycles. The number of allylic oxidation sites excluding steroid dienone is 1. The molecule has 1 heterocycles. The lowest BCUT2D eigenvalue weighted by Gasteiger charge is -2.35. The maximum atomic E-state index is 12.1. The third kappa shape index (κ3) is 5.14. The largest absolute Gasteiger partial charge is 0.382 e. The van der Waals surface area contributed by atoms with Gasteiger partial charge < -0.3 is 9.64 Å². The third-order valence-corrected chi connectivity index (χ3v) is 5.36. The van der Waals surface area contributed by atoms with Gasteiger partial charge in [-0.05, 0) is 34.9 Å². The number of aliphatic imine (C=N–C) groups is 1. The van der Waals surface area contributed by atoms with Gasteiger partial charge in [0.2, 0.25) is 0 Å². The summed E-state index contributed by atoms with van der Waals surface area (Å²) in [6.45, 7) is 7.02. The Hall–Kier alpha value is -1.21. The number of ketones is 1. The number of nitrogens with zero attached hydrogens (tertiary/aromatic N) is 2. The van der Waals surface area contributed by atoms with Crippen LogP contribution in [0.15, 0.2) is 45.1 Å². The molecule has 2 atom stereocenters. The van der Waals surface area contributed by atoms with E-state index in [1.54, 1.807) is 7.11 Å². The smallest absolute Gasteiger partial charge is 0.172 e. The number of benzene rings is 1. The Bertz CT molecular complexity index is 640. The van der Waals surface area contributed by atoms with Crippen molar-refractivity contribution in [2.45, 2.75) is 45.7 Å². The molecule has 5 heteroatoms. The molecule has 0 spiro atoms. The summed E-state index contributed by atoms with van der Waals surface area (Å²) in [5, 5.41) is 0. The molecule has 0 amide bonds. The molecule has 1 aliphatic rings. The van der Waals surface area contributed by atoms with Crippen LogP contribution in [0, 0.1) is 5.92 Å². The van der Waals surface area contributed by atoms with Crippen LogP contribution in [0.5, 0.6) is 0 Å². The molecule has 1 aromatic rings. The van der Waals surface area contributed by atoms with E-state index in [9.17, 15) is 4.79 Å². The molecule has 4 nitrogen and oxygen atoms in total. The number of halogens is 1. The molecule has 0 radical (unpaired) electrons. The van der Waals surface area contributed by atoms with Gasteiger partial charge in [-0.25, -0.2) is 0 Å². The Labute approximate surface area is 164 Å². The van der Waals surface area contributed by atoms with Crippen molar-refractivity contribution in [2.75, 3.05) is 13.7 Å². The lowest BCUT2D eigenvalue weighted by molar-refractivity contribution is -0.116. The molecule has 136 valence electrons. The summed E-state index contributed by atoms with van der Waals surface area (Å²) in [4.78, 5) is 19.4. The standard InChI is InChI=1S/C20H27IN2O2/c1-5-16-11-19(24)17(21)12-23(16)20(15-9-7-6-8-10-15)22-18(13-25-4)14(2)3/h6-10,12,14,16,18H,5,11,13H2,1-4H3/t16-,18-/m1/s1. The highest BCUT2D eigenvalue weighted by Crippen LogP contribution is 2.27. The summed E-state index contributed by atoms with van der Waals surface area (Å²) in [7, 11) is 1.71. The predicted octanol–water partition coefficient (Wildman–Crippen LogP) is 4.43. The van der Waals surface area contributed by atoms with E-state index >= 15 is 0 Å². The Morgan fingerprint density at radius 2 is 2.04 bits per heavy atom. The van der Waals surface area contributed by atoms with E-state index in [-0.39, 0.29) is 17.9 Å². The number of hydrogen-bond donors (Lipinski definition) is 0. The summed E-state index contributed by atoms with van der Waals surface area (Å²) in [5.41, 5.74) is 1.07. The molecule has 25 heavy (non-hydrogen) atoms. The highest BCUT2D eigenvalue weighted by Gasteiger charge is 2.29. The number of carbonyl (C=O) groups is 1. The lowest BCUT2D eigenvalue weighted by atomic mass is 10.0. The summed E-state index contributed by atoms with van der Waals surface area (Å²) < 4.78 is 6.15. The molecule has 0 bridgehead atoms. The van der Waals surface area contributed by atoms with Crippen molar-refractivity contribution in [3.05, 3.63) is 45.7 Å². The highest BCUT2D eigenvalue weighted by atomic mass is 127. The topological polar surface area (TPSA) is 41.9 Å². The number of methoxy groups -OCH3 is 1. The average Bonchev–Trinajstić information content (AvgIpc) is 2.61. The molecule has 1 aromatic carbocycles. The number of Topliss-reactive ketones (excluding diaryl/α,β-unsaturated/α-hetero) is 1. The predicted molar refractivity (Wildman–Crippen MR) is 111 cm³/mol. The number of ether oxygens (including phenoxy) is 1. The maximum Gasteiger partial charge on any atom is 0.172 e. The van der Waals surface area contributed by atoms with Gasteiger partial charge in [-0.2, -0.15) is 0 Å². The molecule has 0 aromatic heterocycles. The van der Waals surface area contributed by atoms with Crippen LogP contribution in [0.2, 0.25) is 0 Å². The second-order valence-electron chi connectivity index (χ2n) is 6.66. The van der Waals surface area contributed by atoms with E-state index in [4.69, 9.17) is 9.73 Å². The zero-order chi connectivity index (χ0) is 18.4. The first-order chi connectivity index (χ1) is 12.0. The molecular formula is C20H27IN2O2. The zero-order valence-electron chi connectivity index (χ0n) is 15.4. The fourth-order valence-corrected chi connectivity index (χ4v) is 3.39. The molecule has 0 saturated carbocycles. The van der Waals surface area contributed by atoms with E-state index in [1.807, 2.05) is 24.4 Å². The van der Waals surface area contributed by atoms with Crippen molar-refractivity contribution in [1.29, 1.82) is 0 Å². The number of carbonyl (C=O) groups excluding carboxylic acids is 1. The van der Waals surface area contributed by atoms with Crippen LogP contribution in [-0.2, 0) is 9.53 Å². The normalized spacial score (nSPS) is 20.0. The Kier molecular flexibility index (Phi) is 7.62. The van der Waals surface area contributed by atoms with Crippen molar-refractivity contribution in [3.8, 4) is 0 Å². The van der Waals surface area contributed by atoms with Gasteiger partial charge in [0.1, 0.15) is 5.84 Å². The lowest BCUT2D eigenvalue weighted by Crippen LogP contribution is -2.42. The first kappa shape index (κ1) is 20.1. The molecular weight excluding hydrogens is 427 g/mol. The Morgan fingerprint density at radius 3 is 2.60 bits per heavy atom. The first-order valence-electron chi connectivity index (χ1n) is 8.78. The fourth-order valence-electron chi connectivity index (χ4n) is 2.87. The Balaban J connectivity index is 2.52. The second kappa shape index (κ2) is 9.48. The van der Waals surface area contributed by atoms with Crippen LogP contribution in [0.4, 0.5) is 0 Å². The minimum atomic E-state index is 0.0707. The first-order valence-corrected chi connectivity index (χ1v) is 9.86. The van der Waals surface area contributed by atoms with Crippen molar-refractivity contribution in [3.63, 3.8) is 0 Å². The number of amidine groups is 1. The van der Waals surface area contributed by atoms with Crippen molar-refractivity contribution < 1.29 is 9.53 Å². The van der Waals surface area contributed by atoms with Gasteiger partial charge in [0.05, 0.1) is 16.2 Å². The van der Waals surface area contributed by atoms with Crippen molar-refractivity contribution >= 4 is 34.2 Å². The van der Waals surface area contributed by atoms with Gasteiger partial charge in [0, 0.05) is 31.3 Å². The highest BCUT2D eigenvalue weighted by molar-refractivity contribution is 14.1. The van der Waals surface area contributed by atoms with Gasteiger partial charge in [-0.15, -0.1) is 0 Å².